The Morgan fingerprint density at radius 1 is 0.725 bits per heavy atom. The van der Waals surface area contributed by atoms with Crippen LogP contribution in [0.1, 0.15) is 58.7 Å². The van der Waals surface area contributed by atoms with Gasteiger partial charge in [0.15, 0.2) is 0 Å². The summed E-state index contributed by atoms with van der Waals surface area (Å²) in [5.41, 5.74) is 1.79. The third-order valence-corrected chi connectivity index (χ3v) is 8.80. The highest BCUT2D eigenvalue weighted by Crippen LogP contribution is 2.43. The zero-order valence-corrected chi connectivity index (χ0v) is 23.9. The summed E-state index contributed by atoms with van der Waals surface area (Å²) in [5, 5.41) is 25.8. The van der Waals surface area contributed by atoms with Crippen molar-refractivity contribution in [3.05, 3.63) is 69.7 Å². The first-order valence-electron chi connectivity index (χ1n) is 13.0. The summed E-state index contributed by atoms with van der Waals surface area (Å²) >= 11 is 2.85. The Morgan fingerprint density at radius 3 is 1.55 bits per heavy atom. The van der Waals surface area contributed by atoms with E-state index < -0.39 is 0 Å². The second-order valence-electron chi connectivity index (χ2n) is 9.60. The third kappa shape index (κ3) is 7.19. The minimum Gasteiger partial charge on any atom is -0.497 e. The molecule has 2 aromatic carbocycles. The lowest BCUT2D eigenvalue weighted by Gasteiger charge is -2.25. The van der Waals surface area contributed by atoms with Gasteiger partial charge in [-0.05, 0) is 54.7 Å². The Hall–Kier alpha value is -3.90. The van der Waals surface area contributed by atoms with Crippen molar-refractivity contribution >= 4 is 44.8 Å². The first-order valence-corrected chi connectivity index (χ1v) is 14.6. The van der Waals surface area contributed by atoms with E-state index in [0.717, 1.165) is 58.3 Å². The van der Waals surface area contributed by atoms with Crippen molar-refractivity contribution in [2.45, 2.75) is 50.4 Å². The summed E-state index contributed by atoms with van der Waals surface area (Å²) in [6, 6.07) is 14.8. The molecule has 2 aromatic heterocycles. The largest absolute Gasteiger partial charge is 0.497 e. The second-order valence-corrected chi connectivity index (χ2v) is 11.6. The fraction of sp³-hybridized carbons (Fsp3) is 0.357. The lowest BCUT2D eigenvalue weighted by molar-refractivity contribution is -0.116. The predicted molar refractivity (Wildman–Crippen MR) is 154 cm³/mol. The number of anilines is 2. The van der Waals surface area contributed by atoms with Crippen LogP contribution in [0.5, 0.6) is 11.5 Å². The van der Waals surface area contributed by atoms with Gasteiger partial charge in [-0.1, -0.05) is 53.4 Å². The molecular weight excluding hydrogens is 548 g/mol. The van der Waals surface area contributed by atoms with Crippen molar-refractivity contribution in [3.8, 4) is 11.5 Å². The molecule has 5 rings (SSSR count). The minimum absolute atomic E-state index is 0.134. The fourth-order valence-corrected chi connectivity index (χ4v) is 6.54. The molecule has 2 atom stereocenters. The third-order valence-electron chi connectivity index (χ3n) is 6.79. The van der Waals surface area contributed by atoms with Gasteiger partial charge in [0.05, 0.1) is 27.1 Å². The molecule has 2 N–H and O–H groups in total. The van der Waals surface area contributed by atoms with E-state index >= 15 is 0 Å². The van der Waals surface area contributed by atoms with E-state index in [1.54, 1.807) is 14.2 Å². The maximum atomic E-state index is 12.5. The summed E-state index contributed by atoms with van der Waals surface area (Å²) in [7, 11) is 3.22. The molecule has 40 heavy (non-hydrogen) atoms. The van der Waals surface area contributed by atoms with Gasteiger partial charge < -0.3 is 20.1 Å². The zero-order valence-electron chi connectivity index (χ0n) is 22.3. The summed E-state index contributed by atoms with van der Waals surface area (Å²) in [6.07, 6.45) is 4.43. The molecule has 1 fully saturated rings. The summed E-state index contributed by atoms with van der Waals surface area (Å²) in [6.45, 7) is 0. The van der Waals surface area contributed by atoms with Crippen molar-refractivity contribution < 1.29 is 19.1 Å². The van der Waals surface area contributed by atoms with Crippen LogP contribution in [0.15, 0.2) is 48.5 Å². The number of benzene rings is 2. The predicted octanol–water partition coefficient (Wildman–Crippen LogP) is 5.21. The van der Waals surface area contributed by atoms with Crippen LogP contribution >= 0.6 is 22.7 Å². The number of amides is 2. The van der Waals surface area contributed by atoms with Gasteiger partial charge in [0, 0.05) is 11.8 Å². The SMILES string of the molecule is COc1ccc(CC(=O)Nc2nnc([C@H]3CCC[C@H](c4nnc(NC(=O)Cc5ccc(OC)cc5)s4)C3)s2)cc1. The lowest BCUT2D eigenvalue weighted by atomic mass is 9.82. The number of carbonyl (C=O) groups is 2. The molecular formula is C28H30N6O4S2. The van der Waals surface area contributed by atoms with E-state index in [4.69, 9.17) is 9.47 Å². The van der Waals surface area contributed by atoms with Gasteiger partial charge in [-0.25, -0.2) is 0 Å². The van der Waals surface area contributed by atoms with Crippen molar-refractivity contribution in [2.24, 2.45) is 0 Å². The molecule has 12 heteroatoms. The van der Waals surface area contributed by atoms with Crippen molar-refractivity contribution in [3.63, 3.8) is 0 Å². The molecule has 208 valence electrons. The van der Waals surface area contributed by atoms with E-state index in [9.17, 15) is 9.59 Å². The molecule has 10 nitrogen and oxygen atoms in total. The first kappa shape index (κ1) is 27.7. The van der Waals surface area contributed by atoms with Gasteiger partial charge in [-0.15, -0.1) is 20.4 Å². The number of hydrogen-bond donors (Lipinski definition) is 2. The number of nitrogens with one attached hydrogen (secondary N) is 2. The van der Waals surface area contributed by atoms with Gasteiger partial charge in [0.25, 0.3) is 0 Å². The average molecular weight is 579 g/mol. The zero-order chi connectivity index (χ0) is 27.9. The highest BCUT2D eigenvalue weighted by Gasteiger charge is 2.29. The van der Waals surface area contributed by atoms with Crippen LogP contribution in [0.2, 0.25) is 0 Å². The van der Waals surface area contributed by atoms with E-state index in [-0.39, 0.29) is 36.5 Å². The van der Waals surface area contributed by atoms with Gasteiger partial charge in [0.2, 0.25) is 22.1 Å². The van der Waals surface area contributed by atoms with Gasteiger partial charge in [0.1, 0.15) is 21.5 Å². The number of carbonyl (C=O) groups excluding carboxylic acids is 2. The monoisotopic (exact) mass is 578 g/mol. The lowest BCUT2D eigenvalue weighted by Crippen LogP contribution is -2.14. The van der Waals surface area contributed by atoms with E-state index in [1.165, 1.54) is 22.7 Å². The number of hydrogen-bond acceptors (Lipinski definition) is 10. The Morgan fingerprint density at radius 2 is 1.15 bits per heavy atom. The molecule has 1 aliphatic carbocycles. The van der Waals surface area contributed by atoms with E-state index in [2.05, 4.69) is 31.0 Å². The van der Waals surface area contributed by atoms with Crippen molar-refractivity contribution in [1.29, 1.82) is 0 Å². The smallest absolute Gasteiger partial charge is 0.230 e. The van der Waals surface area contributed by atoms with Crippen LogP contribution < -0.4 is 20.1 Å². The van der Waals surface area contributed by atoms with Crippen LogP contribution in [0.4, 0.5) is 10.3 Å². The first-order chi connectivity index (χ1) is 19.5. The number of nitrogens with zero attached hydrogens (tertiary/aromatic N) is 4. The average Bonchev–Trinajstić information content (AvgIpc) is 3.64. The van der Waals surface area contributed by atoms with Gasteiger partial charge in [-0.3, -0.25) is 9.59 Å². The molecule has 0 bridgehead atoms. The molecule has 0 radical (unpaired) electrons. The normalized spacial score (nSPS) is 16.8. The maximum absolute atomic E-state index is 12.5. The number of aromatic nitrogens is 4. The van der Waals surface area contributed by atoms with Gasteiger partial charge >= 0.3 is 0 Å². The van der Waals surface area contributed by atoms with Crippen LogP contribution in [0, 0.1) is 0 Å². The Kier molecular flexibility index (Phi) is 8.97. The Bertz CT molecular complexity index is 1330. The standard InChI is InChI=1S/C28H30N6O4S2/c1-37-21-10-6-17(7-11-21)14-23(35)29-27-33-31-25(39-27)19-4-3-5-20(16-19)26-32-34-28(40-26)30-24(36)15-18-8-12-22(38-2)13-9-18/h6-13,19-20H,3-5,14-16H2,1-2H3,(H,29,33,35)(H,30,34,36)/t19-,20-/m0/s1. The van der Waals surface area contributed by atoms with Crippen LogP contribution in [-0.2, 0) is 22.4 Å². The molecule has 0 saturated heterocycles. The molecule has 2 amide bonds. The fourth-order valence-electron chi connectivity index (χ4n) is 4.72. The van der Waals surface area contributed by atoms with Crippen molar-refractivity contribution in [2.75, 3.05) is 24.9 Å². The quantitative estimate of drug-likeness (QED) is 0.262. The summed E-state index contributed by atoms with van der Waals surface area (Å²) in [5.74, 6) is 1.71. The maximum Gasteiger partial charge on any atom is 0.230 e. The number of rotatable bonds is 10. The summed E-state index contributed by atoms with van der Waals surface area (Å²) in [4.78, 5) is 25.0. The highest BCUT2D eigenvalue weighted by atomic mass is 32.1. The number of methoxy groups -OCH3 is 2. The van der Waals surface area contributed by atoms with Crippen LogP contribution in [-0.4, -0.2) is 46.4 Å². The minimum atomic E-state index is -0.134. The highest BCUT2D eigenvalue weighted by molar-refractivity contribution is 7.15. The molecule has 2 heterocycles. The second kappa shape index (κ2) is 13.0. The van der Waals surface area contributed by atoms with Crippen molar-refractivity contribution in [1.82, 2.24) is 20.4 Å². The van der Waals surface area contributed by atoms with Gasteiger partial charge in [-0.2, -0.15) is 0 Å². The van der Waals surface area contributed by atoms with E-state index in [0.29, 0.717) is 10.3 Å². The molecule has 0 spiro atoms. The van der Waals surface area contributed by atoms with E-state index in [1.807, 2.05) is 48.5 Å². The molecule has 0 aliphatic heterocycles. The molecule has 1 saturated carbocycles. The Balaban J connectivity index is 1.13. The van der Waals surface area contributed by atoms with Crippen LogP contribution in [0.25, 0.3) is 0 Å². The Labute approximate surface area is 240 Å². The molecule has 1 aliphatic rings. The number of ether oxygens (including phenoxy) is 2. The molecule has 0 unspecified atom stereocenters. The topological polar surface area (TPSA) is 128 Å². The molecule has 4 aromatic rings. The summed E-state index contributed by atoms with van der Waals surface area (Å²) < 4.78 is 10.3. The van der Waals surface area contributed by atoms with Crippen LogP contribution in [0.3, 0.4) is 0 Å².